The van der Waals surface area contributed by atoms with Crippen LogP contribution in [0, 0.1) is 13.8 Å². The summed E-state index contributed by atoms with van der Waals surface area (Å²) in [4.78, 5) is 18.0. The van der Waals surface area contributed by atoms with Crippen molar-refractivity contribution in [2.75, 3.05) is 5.32 Å². The van der Waals surface area contributed by atoms with Gasteiger partial charge in [-0.25, -0.2) is 4.98 Å². The Balaban J connectivity index is 2.18. The first-order chi connectivity index (χ1) is 8.06. The minimum atomic E-state index is -0.0877. The smallest absolute Gasteiger partial charge is 0.265 e. The highest BCUT2D eigenvalue weighted by Gasteiger charge is 2.10. The molecule has 0 radical (unpaired) electrons. The van der Waals surface area contributed by atoms with Crippen molar-refractivity contribution in [2.45, 2.75) is 13.8 Å². The summed E-state index contributed by atoms with van der Waals surface area (Å²) in [5.74, 6) is -0.0877. The van der Waals surface area contributed by atoms with Gasteiger partial charge in [0.2, 0.25) is 0 Å². The van der Waals surface area contributed by atoms with Crippen LogP contribution in [-0.2, 0) is 0 Å². The number of thiophene rings is 1. The SMILES string of the molecule is Cc1ccc(C(=O)Nc2ccc(Br)nc2C)s1. The van der Waals surface area contributed by atoms with E-state index in [4.69, 9.17) is 0 Å². The topological polar surface area (TPSA) is 42.0 Å². The van der Waals surface area contributed by atoms with Gasteiger partial charge in [-0.3, -0.25) is 4.79 Å². The number of anilines is 1. The first-order valence-corrected chi connectivity index (χ1v) is 6.68. The molecular weight excluding hydrogens is 300 g/mol. The van der Waals surface area contributed by atoms with Gasteiger partial charge in [-0.05, 0) is 54.0 Å². The van der Waals surface area contributed by atoms with Crippen LogP contribution in [0.1, 0.15) is 20.2 Å². The monoisotopic (exact) mass is 310 g/mol. The quantitative estimate of drug-likeness (QED) is 0.858. The summed E-state index contributed by atoms with van der Waals surface area (Å²) >= 11 is 4.77. The van der Waals surface area contributed by atoms with Crippen molar-refractivity contribution in [1.82, 2.24) is 4.98 Å². The predicted molar refractivity (Wildman–Crippen MR) is 73.7 cm³/mol. The average molecular weight is 311 g/mol. The minimum Gasteiger partial charge on any atom is -0.320 e. The summed E-state index contributed by atoms with van der Waals surface area (Å²) in [7, 11) is 0. The van der Waals surface area contributed by atoms with Crippen LogP contribution in [-0.4, -0.2) is 10.9 Å². The van der Waals surface area contributed by atoms with Crippen LogP contribution in [0.3, 0.4) is 0 Å². The number of hydrogen-bond acceptors (Lipinski definition) is 3. The third kappa shape index (κ3) is 2.92. The van der Waals surface area contributed by atoms with Crippen molar-refractivity contribution in [2.24, 2.45) is 0 Å². The highest BCUT2D eigenvalue weighted by molar-refractivity contribution is 9.10. The number of aromatic nitrogens is 1. The molecule has 0 aliphatic heterocycles. The molecule has 0 aliphatic carbocycles. The fourth-order valence-corrected chi connectivity index (χ4v) is 2.56. The number of halogens is 1. The Morgan fingerprint density at radius 2 is 2.06 bits per heavy atom. The molecule has 88 valence electrons. The Labute approximate surface area is 112 Å². The van der Waals surface area contributed by atoms with E-state index in [1.54, 1.807) is 0 Å². The van der Waals surface area contributed by atoms with Crippen LogP contribution < -0.4 is 5.32 Å². The molecule has 3 nitrogen and oxygen atoms in total. The lowest BCUT2D eigenvalue weighted by Crippen LogP contribution is -2.11. The minimum absolute atomic E-state index is 0.0877. The number of nitrogens with zero attached hydrogens (tertiary/aromatic N) is 1. The molecule has 0 saturated heterocycles. The molecule has 1 N–H and O–H groups in total. The normalized spacial score (nSPS) is 10.3. The van der Waals surface area contributed by atoms with Gasteiger partial charge >= 0.3 is 0 Å². The van der Waals surface area contributed by atoms with Crippen molar-refractivity contribution < 1.29 is 4.79 Å². The number of aryl methyl sites for hydroxylation is 2. The van der Waals surface area contributed by atoms with Crippen LogP contribution >= 0.6 is 27.3 Å². The van der Waals surface area contributed by atoms with Crippen LogP contribution in [0.25, 0.3) is 0 Å². The van der Waals surface area contributed by atoms with Crippen molar-refractivity contribution in [1.29, 1.82) is 0 Å². The summed E-state index contributed by atoms with van der Waals surface area (Å²) in [6.45, 7) is 3.84. The Bertz CT molecular complexity index is 565. The molecule has 2 aromatic rings. The summed E-state index contributed by atoms with van der Waals surface area (Å²) in [5.41, 5.74) is 1.53. The molecular formula is C12H11BrN2OS. The van der Waals surface area contributed by atoms with E-state index in [1.807, 2.05) is 38.1 Å². The van der Waals surface area contributed by atoms with Gasteiger partial charge in [-0.2, -0.15) is 0 Å². The van der Waals surface area contributed by atoms with Gasteiger partial charge in [0.25, 0.3) is 5.91 Å². The Morgan fingerprint density at radius 1 is 1.29 bits per heavy atom. The zero-order valence-electron chi connectivity index (χ0n) is 9.45. The van der Waals surface area contributed by atoms with E-state index < -0.39 is 0 Å². The molecule has 0 atom stereocenters. The van der Waals surface area contributed by atoms with Crippen LogP contribution in [0.5, 0.6) is 0 Å². The largest absolute Gasteiger partial charge is 0.320 e. The number of nitrogens with one attached hydrogen (secondary N) is 1. The fourth-order valence-electron chi connectivity index (χ4n) is 1.40. The first-order valence-electron chi connectivity index (χ1n) is 5.07. The molecule has 5 heteroatoms. The van der Waals surface area contributed by atoms with Crippen LogP contribution in [0.15, 0.2) is 28.9 Å². The molecule has 0 aromatic carbocycles. The summed E-state index contributed by atoms with van der Waals surface area (Å²) in [5, 5.41) is 2.86. The van der Waals surface area contributed by atoms with Crippen molar-refractivity contribution in [3.63, 3.8) is 0 Å². The standard InChI is InChI=1S/C12H11BrN2OS/c1-7-3-5-10(17-7)12(16)15-9-4-6-11(13)14-8(9)2/h3-6H,1-2H3,(H,15,16). The predicted octanol–water partition coefficient (Wildman–Crippen LogP) is 3.77. The van der Waals surface area contributed by atoms with E-state index in [0.29, 0.717) is 4.88 Å². The van der Waals surface area contributed by atoms with Gasteiger partial charge < -0.3 is 5.32 Å². The molecule has 2 rings (SSSR count). The van der Waals surface area contributed by atoms with E-state index in [9.17, 15) is 4.79 Å². The fraction of sp³-hybridized carbons (Fsp3) is 0.167. The Hall–Kier alpha value is -1.20. The van der Waals surface area contributed by atoms with Crippen molar-refractivity contribution in [3.8, 4) is 0 Å². The summed E-state index contributed by atoms with van der Waals surface area (Å²) in [6.07, 6.45) is 0. The average Bonchev–Trinajstić information content (AvgIpc) is 2.69. The van der Waals surface area contributed by atoms with Crippen LogP contribution in [0.2, 0.25) is 0 Å². The Morgan fingerprint density at radius 3 is 2.65 bits per heavy atom. The maximum atomic E-state index is 11.9. The summed E-state index contributed by atoms with van der Waals surface area (Å²) < 4.78 is 0.764. The lowest BCUT2D eigenvalue weighted by molar-refractivity contribution is 0.103. The molecule has 1 amide bonds. The number of carbonyl (C=O) groups excluding carboxylic acids is 1. The highest BCUT2D eigenvalue weighted by Crippen LogP contribution is 2.20. The maximum Gasteiger partial charge on any atom is 0.265 e. The lowest BCUT2D eigenvalue weighted by Gasteiger charge is -2.06. The molecule has 0 spiro atoms. The first kappa shape index (κ1) is 12.3. The number of hydrogen-bond donors (Lipinski definition) is 1. The second-order valence-electron chi connectivity index (χ2n) is 3.63. The van der Waals surface area contributed by atoms with E-state index >= 15 is 0 Å². The van der Waals surface area contributed by atoms with Gasteiger partial charge in [0.05, 0.1) is 16.3 Å². The van der Waals surface area contributed by atoms with Gasteiger partial charge in [0, 0.05) is 4.88 Å². The van der Waals surface area contributed by atoms with E-state index in [1.165, 1.54) is 11.3 Å². The van der Waals surface area contributed by atoms with Gasteiger partial charge in [-0.15, -0.1) is 11.3 Å². The molecule has 0 saturated carbocycles. The highest BCUT2D eigenvalue weighted by atomic mass is 79.9. The molecule has 0 aliphatic rings. The maximum absolute atomic E-state index is 11.9. The molecule has 2 heterocycles. The third-order valence-corrected chi connectivity index (χ3v) is 3.71. The molecule has 17 heavy (non-hydrogen) atoms. The summed E-state index contributed by atoms with van der Waals surface area (Å²) in [6, 6.07) is 7.41. The second-order valence-corrected chi connectivity index (χ2v) is 5.73. The second kappa shape index (κ2) is 4.98. The van der Waals surface area contributed by atoms with E-state index in [2.05, 4.69) is 26.2 Å². The van der Waals surface area contributed by atoms with Gasteiger partial charge in [0.1, 0.15) is 4.60 Å². The third-order valence-electron chi connectivity index (χ3n) is 2.26. The van der Waals surface area contributed by atoms with Gasteiger partial charge in [-0.1, -0.05) is 0 Å². The van der Waals surface area contributed by atoms with E-state index in [-0.39, 0.29) is 5.91 Å². The van der Waals surface area contributed by atoms with E-state index in [0.717, 1.165) is 20.9 Å². The molecule has 0 fully saturated rings. The lowest BCUT2D eigenvalue weighted by atomic mass is 10.3. The number of amides is 1. The number of rotatable bonds is 2. The number of carbonyl (C=O) groups is 1. The molecule has 0 unspecified atom stereocenters. The Kier molecular flexibility index (Phi) is 3.59. The zero-order chi connectivity index (χ0) is 12.4. The van der Waals surface area contributed by atoms with Crippen molar-refractivity contribution >= 4 is 38.9 Å². The van der Waals surface area contributed by atoms with Crippen molar-refractivity contribution in [3.05, 3.63) is 44.3 Å². The molecule has 0 bridgehead atoms. The van der Waals surface area contributed by atoms with Crippen LogP contribution in [0.4, 0.5) is 5.69 Å². The number of pyridine rings is 1. The molecule has 2 aromatic heterocycles. The van der Waals surface area contributed by atoms with Gasteiger partial charge in [0.15, 0.2) is 0 Å². The zero-order valence-corrected chi connectivity index (χ0v) is 11.9.